The Morgan fingerprint density at radius 1 is 1.57 bits per heavy atom. The van der Waals surface area contributed by atoms with Gasteiger partial charge in [-0.25, -0.2) is 0 Å². The molecule has 0 spiro atoms. The third-order valence-corrected chi connectivity index (χ3v) is 2.52. The summed E-state index contributed by atoms with van der Waals surface area (Å²) < 4.78 is 0. The maximum absolute atomic E-state index is 10.8. The van der Waals surface area contributed by atoms with Crippen LogP contribution in [0.5, 0.6) is 0 Å². The van der Waals surface area contributed by atoms with E-state index in [2.05, 4.69) is 5.32 Å². The van der Waals surface area contributed by atoms with E-state index in [1.807, 2.05) is 0 Å². The fourth-order valence-electron chi connectivity index (χ4n) is 1.54. The van der Waals surface area contributed by atoms with E-state index in [1.54, 1.807) is 6.92 Å². The van der Waals surface area contributed by atoms with Crippen molar-refractivity contribution in [3.63, 3.8) is 0 Å². The van der Waals surface area contributed by atoms with Gasteiger partial charge in [0.05, 0.1) is 6.10 Å². The molecule has 2 atom stereocenters. The molecule has 1 rings (SSSR count). The van der Waals surface area contributed by atoms with Crippen LogP contribution in [0, 0.1) is 5.92 Å². The number of hydrogen-bond donors (Lipinski definition) is 3. The van der Waals surface area contributed by atoms with Crippen LogP contribution in [0.3, 0.4) is 0 Å². The first-order valence-corrected chi connectivity index (χ1v) is 5.25. The van der Waals surface area contributed by atoms with Crippen molar-refractivity contribution in [3.05, 3.63) is 0 Å². The number of carboxylic acid groups (broad SMARTS) is 1. The molecule has 1 aliphatic carbocycles. The highest BCUT2D eigenvalue weighted by Crippen LogP contribution is 2.32. The Morgan fingerprint density at radius 2 is 2.21 bits per heavy atom. The van der Waals surface area contributed by atoms with E-state index in [4.69, 9.17) is 10.2 Å². The van der Waals surface area contributed by atoms with E-state index >= 15 is 0 Å². The Hall–Kier alpha value is -0.610. The molecule has 0 amide bonds. The van der Waals surface area contributed by atoms with Gasteiger partial charge in [0.15, 0.2) is 0 Å². The van der Waals surface area contributed by atoms with E-state index in [1.165, 1.54) is 0 Å². The summed E-state index contributed by atoms with van der Waals surface area (Å²) in [6, 6.07) is -0.371. The molecule has 4 nitrogen and oxygen atoms in total. The van der Waals surface area contributed by atoms with Gasteiger partial charge in [-0.05, 0) is 45.1 Å². The van der Waals surface area contributed by atoms with Crippen molar-refractivity contribution in [1.82, 2.24) is 5.32 Å². The van der Waals surface area contributed by atoms with Crippen LogP contribution >= 0.6 is 0 Å². The first-order chi connectivity index (χ1) is 6.61. The monoisotopic (exact) mass is 201 g/mol. The fraction of sp³-hybridized carbons (Fsp3) is 0.900. The minimum atomic E-state index is -0.746. The molecule has 0 aromatic rings. The van der Waals surface area contributed by atoms with Gasteiger partial charge in [0.2, 0.25) is 0 Å². The average Bonchev–Trinajstić information content (AvgIpc) is 2.86. The van der Waals surface area contributed by atoms with E-state index in [9.17, 15) is 4.79 Å². The number of carboxylic acids is 1. The molecule has 3 N–H and O–H groups in total. The van der Waals surface area contributed by atoms with Crippen molar-refractivity contribution < 1.29 is 15.0 Å². The van der Waals surface area contributed by atoms with Crippen molar-refractivity contribution in [1.29, 1.82) is 0 Å². The van der Waals surface area contributed by atoms with Crippen molar-refractivity contribution >= 4 is 5.97 Å². The lowest BCUT2D eigenvalue weighted by molar-refractivity contribution is -0.140. The maximum Gasteiger partial charge on any atom is 0.320 e. The number of aliphatic carboxylic acids is 1. The Labute approximate surface area is 84.3 Å². The van der Waals surface area contributed by atoms with Gasteiger partial charge in [-0.3, -0.25) is 4.79 Å². The second-order valence-electron chi connectivity index (χ2n) is 4.10. The molecule has 1 fully saturated rings. The number of aliphatic hydroxyl groups excluding tert-OH is 1. The average molecular weight is 201 g/mol. The van der Waals surface area contributed by atoms with Crippen LogP contribution in [-0.4, -0.2) is 34.9 Å². The van der Waals surface area contributed by atoms with Crippen LogP contribution in [0.4, 0.5) is 0 Å². The molecular weight excluding hydrogens is 182 g/mol. The summed E-state index contributed by atoms with van der Waals surface area (Å²) in [6.07, 6.45) is 3.32. The molecule has 0 aromatic heterocycles. The topological polar surface area (TPSA) is 69.6 Å². The van der Waals surface area contributed by atoms with E-state index in [0.29, 0.717) is 12.5 Å². The summed E-state index contributed by atoms with van der Waals surface area (Å²) in [4.78, 5) is 10.8. The molecule has 0 aliphatic heterocycles. The lowest BCUT2D eigenvalue weighted by Gasteiger charge is -2.13. The third-order valence-electron chi connectivity index (χ3n) is 2.52. The number of aliphatic hydroxyl groups is 1. The smallest absolute Gasteiger partial charge is 0.320 e. The number of carbonyl (C=O) groups is 1. The van der Waals surface area contributed by atoms with Crippen molar-refractivity contribution in [2.75, 3.05) is 6.54 Å². The maximum atomic E-state index is 10.8. The molecule has 2 unspecified atom stereocenters. The minimum Gasteiger partial charge on any atom is -0.480 e. The van der Waals surface area contributed by atoms with E-state index < -0.39 is 5.97 Å². The van der Waals surface area contributed by atoms with Crippen LogP contribution in [0.1, 0.15) is 32.6 Å². The van der Waals surface area contributed by atoms with E-state index in [0.717, 1.165) is 25.7 Å². The minimum absolute atomic E-state index is 0.291. The van der Waals surface area contributed by atoms with Gasteiger partial charge in [0, 0.05) is 0 Å². The summed E-state index contributed by atoms with van der Waals surface area (Å²) >= 11 is 0. The summed E-state index contributed by atoms with van der Waals surface area (Å²) in [6.45, 7) is 2.42. The quantitative estimate of drug-likeness (QED) is 0.528. The molecule has 0 bridgehead atoms. The molecule has 0 aromatic carbocycles. The molecule has 0 radical (unpaired) electrons. The highest BCUT2D eigenvalue weighted by atomic mass is 16.4. The molecule has 82 valence electrons. The zero-order valence-corrected chi connectivity index (χ0v) is 8.57. The van der Waals surface area contributed by atoms with Gasteiger partial charge in [-0.15, -0.1) is 0 Å². The van der Waals surface area contributed by atoms with Crippen LogP contribution in [0.2, 0.25) is 0 Å². The zero-order chi connectivity index (χ0) is 10.6. The van der Waals surface area contributed by atoms with Crippen molar-refractivity contribution in [2.45, 2.75) is 44.8 Å². The standard InChI is InChI=1S/C10H19NO3/c1-7(12)3-2-6-11-9(10(13)14)8-4-5-8/h7-9,11-12H,2-6H2,1H3,(H,13,14). The Balaban J connectivity index is 2.11. The van der Waals surface area contributed by atoms with Gasteiger partial charge in [0.25, 0.3) is 0 Å². The largest absolute Gasteiger partial charge is 0.480 e. The molecule has 0 saturated heterocycles. The molecule has 0 heterocycles. The first-order valence-electron chi connectivity index (χ1n) is 5.25. The van der Waals surface area contributed by atoms with Crippen molar-refractivity contribution in [3.8, 4) is 0 Å². The fourth-order valence-corrected chi connectivity index (χ4v) is 1.54. The van der Waals surface area contributed by atoms with Crippen LogP contribution < -0.4 is 5.32 Å². The van der Waals surface area contributed by atoms with Crippen LogP contribution in [-0.2, 0) is 4.79 Å². The van der Waals surface area contributed by atoms with Crippen LogP contribution in [0.15, 0.2) is 0 Å². The lowest BCUT2D eigenvalue weighted by Crippen LogP contribution is -2.39. The van der Waals surface area contributed by atoms with Crippen LogP contribution in [0.25, 0.3) is 0 Å². The number of hydrogen-bond acceptors (Lipinski definition) is 3. The zero-order valence-electron chi connectivity index (χ0n) is 8.57. The normalized spacial score (nSPS) is 20.4. The second-order valence-corrected chi connectivity index (χ2v) is 4.10. The SMILES string of the molecule is CC(O)CCCNC(C(=O)O)C1CC1. The summed E-state index contributed by atoms with van der Waals surface area (Å²) in [5, 5.41) is 20.9. The first kappa shape index (κ1) is 11.5. The summed E-state index contributed by atoms with van der Waals surface area (Å²) in [5.41, 5.74) is 0. The Morgan fingerprint density at radius 3 is 2.64 bits per heavy atom. The molecular formula is C10H19NO3. The predicted molar refractivity (Wildman–Crippen MR) is 53.1 cm³/mol. The highest BCUT2D eigenvalue weighted by molar-refractivity contribution is 5.74. The van der Waals surface area contributed by atoms with E-state index in [-0.39, 0.29) is 12.1 Å². The Bertz CT molecular complexity index is 190. The molecule has 14 heavy (non-hydrogen) atoms. The molecule has 1 saturated carbocycles. The summed E-state index contributed by atoms with van der Waals surface area (Å²) in [5.74, 6) is -0.413. The van der Waals surface area contributed by atoms with Gasteiger partial charge < -0.3 is 15.5 Å². The van der Waals surface area contributed by atoms with Crippen molar-refractivity contribution in [2.24, 2.45) is 5.92 Å². The van der Waals surface area contributed by atoms with Gasteiger partial charge in [-0.1, -0.05) is 0 Å². The lowest BCUT2D eigenvalue weighted by atomic mass is 10.1. The number of rotatable bonds is 7. The predicted octanol–water partition coefficient (Wildman–Crippen LogP) is 0.600. The van der Waals surface area contributed by atoms with Gasteiger partial charge >= 0.3 is 5.97 Å². The molecule has 4 heteroatoms. The second kappa shape index (κ2) is 5.32. The Kier molecular flexibility index (Phi) is 4.35. The highest BCUT2D eigenvalue weighted by Gasteiger charge is 2.35. The van der Waals surface area contributed by atoms with Gasteiger partial charge in [-0.2, -0.15) is 0 Å². The summed E-state index contributed by atoms with van der Waals surface area (Å²) in [7, 11) is 0. The molecule has 1 aliphatic rings. The third kappa shape index (κ3) is 4.07. The van der Waals surface area contributed by atoms with Gasteiger partial charge in [0.1, 0.15) is 6.04 Å². The number of nitrogens with one attached hydrogen (secondary N) is 1.